The second-order valence-electron chi connectivity index (χ2n) is 2.56. The first-order valence-electron chi connectivity index (χ1n) is 4.44. The van der Waals surface area contributed by atoms with Crippen LogP contribution in [-0.4, -0.2) is 9.55 Å². The number of anilines is 1. The molecule has 70 valence electrons. The SMILES string of the molecule is CC.Cn1c(N)cc2cnccc21. The summed E-state index contributed by atoms with van der Waals surface area (Å²) in [7, 11) is 1.94. The third-order valence-corrected chi connectivity index (χ3v) is 1.88. The average Bonchev–Trinajstić information content (AvgIpc) is 2.47. The van der Waals surface area contributed by atoms with Crippen molar-refractivity contribution in [2.24, 2.45) is 7.05 Å². The number of nitrogen functional groups attached to an aromatic ring is 1. The van der Waals surface area contributed by atoms with Crippen LogP contribution in [0.2, 0.25) is 0 Å². The number of hydrogen-bond acceptors (Lipinski definition) is 2. The number of hydrogen-bond donors (Lipinski definition) is 1. The van der Waals surface area contributed by atoms with E-state index in [4.69, 9.17) is 5.73 Å². The first-order chi connectivity index (χ1) is 6.29. The molecule has 0 unspecified atom stereocenters. The van der Waals surface area contributed by atoms with Crippen molar-refractivity contribution in [1.29, 1.82) is 0 Å². The van der Waals surface area contributed by atoms with Gasteiger partial charge in [-0.15, -0.1) is 0 Å². The van der Waals surface area contributed by atoms with E-state index in [0.29, 0.717) is 0 Å². The molecule has 0 amide bonds. The number of fused-ring (bicyclic) bond motifs is 1. The molecule has 2 aromatic rings. The lowest BCUT2D eigenvalue weighted by Gasteiger charge is -1.95. The van der Waals surface area contributed by atoms with E-state index in [1.165, 1.54) is 0 Å². The first-order valence-corrected chi connectivity index (χ1v) is 4.44. The van der Waals surface area contributed by atoms with E-state index in [1.54, 1.807) is 6.20 Å². The van der Waals surface area contributed by atoms with Gasteiger partial charge < -0.3 is 10.3 Å². The second-order valence-corrected chi connectivity index (χ2v) is 2.56. The van der Waals surface area contributed by atoms with E-state index in [2.05, 4.69) is 4.98 Å². The lowest BCUT2D eigenvalue weighted by Crippen LogP contribution is -1.94. The zero-order valence-electron chi connectivity index (χ0n) is 8.28. The number of pyridine rings is 1. The zero-order chi connectivity index (χ0) is 9.84. The monoisotopic (exact) mass is 177 g/mol. The van der Waals surface area contributed by atoms with E-state index < -0.39 is 0 Å². The van der Waals surface area contributed by atoms with Crippen LogP contribution in [0.3, 0.4) is 0 Å². The van der Waals surface area contributed by atoms with Crippen molar-refractivity contribution in [3.05, 3.63) is 24.5 Å². The molecule has 0 fully saturated rings. The fourth-order valence-electron chi connectivity index (χ4n) is 1.21. The van der Waals surface area contributed by atoms with Gasteiger partial charge in [0.2, 0.25) is 0 Å². The number of rotatable bonds is 0. The van der Waals surface area contributed by atoms with Crippen molar-refractivity contribution in [2.75, 3.05) is 5.73 Å². The molecule has 0 aliphatic carbocycles. The summed E-state index contributed by atoms with van der Waals surface area (Å²) < 4.78 is 1.94. The van der Waals surface area contributed by atoms with Gasteiger partial charge in [0.15, 0.2) is 0 Å². The molecule has 0 radical (unpaired) electrons. The summed E-state index contributed by atoms with van der Waals surface area (Å²) in [6.45, 7) is 4.00. The fourth-order valence-corrected chi connectivity index (χ4v) is 1.21. The highest BCUT2D eigenvalue weighted by Crippen LogP contribution is 2.17. The number of nitrogens with two attached hydrogens (primary N) is 1. The summed E-state index contributed by atoms with van der Waals surface area (Å²) in [6, 6.07) is 3.87. The molecule has 0 saturated heterocycles. The predicted octanol–water partition coefficient (Wildman–Crippen LogP) is 2.18. The molecule has 0 bridgehead atoms. The maximum Gasteiger partial charge on any atom is 0.104 e. The van der Waals surface area contributed by atoms with Gasteiger partial charge in [0, 0.05) is 24.8 Å². The Labute approximate surface area is 78.2 Å². The van der Waals surface area contributed by atoms with Gasteiger partial charge in [-0.3, -0.25) is 4.98 Å². The molecule has 0 saturated carbocycles. The van der Waals surface area contributed by atoms with Crippen molar-refractivity contribution < 1.29 is 0 Å². The van der Waals surface area contributed by atoms with Crippen molar-refractivity contribution in [3.63, 3.8) is 0 Å². The van der Waals surface area contributed by atoms with E-state index >= 15 is 0 Å². The van der Waals surface area contributed by atoms with Gasteiger partial charge in [-0.25, -0.2) is 0 Å². The predicted molar refractivity (Wildman–Crippen MR) is 56.5 cm³/mol. The first kappa shape index (κ1) is 9.58. The minimum absolute atomic E-state index is 0.771. The summed E-state index contributed by atoms with van der Waals surface area (Å²) in [5.74, 6) is 0.771. The van der Waals surface area contributed by atoms with Crippen molar-refractivity contribution >= 4 is 16.7 Å². The molecule has 3 nitrogen and oxygen atoms in total. The Balaban J connectivity index is 0.000000396. The molecule has 0 atom stereocenters. The maximum absolute atomic E-state index is 5.69. The summed E-state index contributed by atoms with van der Waals surface area (Å²) in [5, 5.41) is 1.09. The van der Waals surface area contributed by atoms with Crippen LogP contribution in [0.15, 0.2) is 24.5 Å². The quantitative estimate of drug-likeness (QED) is 0.670. The summed E-state index contributed by atoms with van der Waals surface area (Å²) in [5.41, 5.74) is 6.81. The van der Waals surface area contributed by atoms with E-state index in [9.17, 15) is 0 Å². The Hall–Kier alpha value is -1.51. The van der Waals surface area contributed by atoms with Gasteiger partial charge in [-0.05, 0) is 12.1 Å². The highest BCUT2D eigenvalue weighted by molar-refractivity contribution is 5.83. The molecule has 0 aromatic carbocycles. The second kappa shape index (κ2) is 3.94. The molecular weight excluding hydrogens is 162 g/mol. The molecule has 0 aliphatic heterocycles. The highest BCUT2D eigenvalue weighted by Gasteiger charge is 1.99. The molecule has 13 heavy (non-hydrogen) atoms. The Bertz CT molecular complexity index is 390. The summed E-state index contributed by atoms with van der Waals surface area (Å²) in [6.07, 6.45) is 3.58. The van der Waals surface area contributed by atoms with Crippen LogP contribution in [0.1, 0.15) is 13.8 Å². The topological polar surface area (TPSA) is 43.8 Å². The van der Waals surface area contributed by atoms with Gasteiger partial charge in [0.1, 0.15) is 5.82 Å². The molecule has 2 N–H and O–H groups in total. The number of nitrogens with zero attached hydrogens (tertiary/aromatic N) is 2. The Morgan fingerprint density at radius 1 is 1.38 bits per heavy atom. The van der Waals surface area contributed by atoms with Crippen LogP contribution in [0.25, 0.3) is 10.9 Å². The van der Waals surface area contributed by atoms with E-state index in [-0.39, 0.29) is 0 Å². The van der Waals surface area contributed by atoms with E-state index in [1.807, 2.05) is 43.8 Å². The van der Waals surface area contributed by atoms with Gasteiger partial charge in [-0.2, -0.15) is 0 Å². The molecule has 3 heteroatoms. The van der Waals surface area contributed by atoms with Crippen LogP contribution in [0.4, 0.5) is 5.82 Å². The minimum Gasteiger partial charge on any atom is -0.385 e. The smallest absolute Gasteiger partial charge is 0.104 e. The fraction of sp³-hybridized carbons (Fsp3) is 0.300. The number of aryl methyl sites for hydroxylation is 1. The van der Waals surface area contributed by atoms with Crippen LogP contribution in [0, 0.1) is 0 Å². The van der Waals surface area contributed by atoms with Crippen LogP contribution < -0.4 is 5.73 Å². The lowest BCUT2D eigenvalue weighted by atomic mass is 10.3. The van der Waals surface area contributed by atoms with Crippen molar-refractivity contribution in [2.45, 2.75) is 13.8 Å². The van der Waals surface area contributed by atoms with Crippen LogP contribution in [0.5, 0.6) is 0 Å². The Kier molecular flexibility index (Phi) is 2.90. The Morgan fingerprint density at radius 2 is 2.08 bits per heavy atom. The summed E-state index contributed by atoms with van der Waals surface area (Å²) >= 11 is 0. The van der Waals surface area contributed by atoms with Gasteiger partial charge in [0.25, 0.3) is 0 Å². The van der Waals surface area contributed by atoms with E-state index in [0.717, 1.165) is 16.7 Å². The van der Waals surface area contributed by atoms with Crippen LogP contribution >= 0.6 is 0 Å². The molecule has 0 spiro atoms. The minimum atomic E-state index is 0.771. The van der Waals surface area contributed by atoms with Gasteiger partial charge in [-0.1, -0.05) is 13.8 Å². The average molecular weight is 177 g/mol. The zero-order valence-corrected chi connectivity index (χ0v) is 8.28. The highest BCUT2D eigenvalue weighted by atomic mass is 15.0. The van der Waals surface area contributed by atoms with Gasteiger partial charge in [0.05, 0.1) is 5.52 Å². The molecule has 0 aliphatic rings. The molecular formula is C10H15N3. The van der Waals surface area contributed by atoms with Gasteiger partial charge >= 0.3 is 0 Å². The normalized spacial score (nSPS) is 9.46. The lowest BCUT2D eigenvalue weighted by molar-refractivity contribution is 0.982. The van der Waals surface area contributed by atoms with Crippen molar-refractivity contribution in [3.8, 4) is 0 Å². The maximum atomic E-state index is 5.69. The van der Waals surface area contributed by atoms with Crippen LogP contribution in [-0.2, 0) is 7.05 Å². The molecule has 2 aromatic heterocycles. The third kappa shape index (κ3) is 1.64. The standard InChI is InChI=1S/C8H9N3.C2H6/c1-11-7-2-3-10-5-6(7)4-8(11)9;1-2/h2-5H,9H2,1H3;1-2H3. The number of aromatic nitrogens is 2. The largest absolute Gasteiger partial charge is 0.385 e. The summed E-state index contributed by atoms with van der Waals surface area (Å²) in [4.78, 5) is 4.00. The molecule has 2 rings (SSSR count). The molecule has 2 heterocycles. The van der Waals surface area contributed by atoms with Crippen molar-refractivity contribution in [1.82, 2.24) is 9.55 Å². The Morgan fingerprint density at radius 3 is 2.69 bits per heavy atom. The third-order valence-electron chi connectivity index (χ3n) is 1.88.